The monoisotopic (exact) mass is 1400 g/mol. The highest BCUT2D eigenvalue weighted by Gasteiger charge is 2.53. The van der Waals surface area contributed by atoms with Crippen LogP contribution < -0.4 is 10.6 Å². The maximum atomic E-state index is 13.7. The lowest BCUT2D eigenvalue weighted by molar-refractivity contribution is -0.259. The zero-order valence-electron chi connectivity index (χ0n) is 55.6. The molecular weight excluding hydrogens is 1320 g/mol. The Balaban J connectivity index is 0.000000231. The lowest BCUT2D eigenvalue weighted by Gasteiger charge is -2.45. The minimum absolute atomic E-state index is 0.0128. The van der Waals surface area contributed by atoms with Gasteiger partial charge in [0, 0.05) is 33.7 Å². The first-order valence-corrected chi connectivity index (χ1v) is 33.6. The molecule has 3 aliphatic heterocycles. The molecule has 0 spiro atoms. The van der Waals surface area contributed by atoms with E-state index in [1.165, 1.54) is 4.90 Å². The molecule has 0 radical (unpaired) electrons. The van der Waals surface area contributed by atoms with Gasteiger partial charge in [0.25, 0.3) is 0 Å². The van der Waals surface area contributed by atoms with Crippen molar-refractivity contribution in [3.05, 3.63) is 247 Å². The lowest BCUT2D eigenvalue weighted by atomic mass is 9.79. The summed E-state index contributed by atoms with van der Waals surface area (Å²) in [5.74, 6) is -0.843. The molecule has 5 N–H and O–H groups in total. The number of alkyl carbamates (subject to hydrolysis) is 2. The van der Waals surface area contributed by atoms with Crippen LogP contribution in [-0.2, 0) is 86.9 Å². The first-order valence-electron chi connectivity index (χ1n) is 33.6. The molecule has 16 atom stereocenters. The molecule has 30 heteroatoms. The number of ether oxygens (including phenoxy) is 9. The highest BCUT2D eigenvalue weighted by molar-refractivity contribution is 5.73. The van der Waals surface area contributed by atoms with E-state index in [9.17, 15) is 39.3 Å². The van der Waals surface area contributed by atoms with Crippen LogP contribution >= 0.6 is 0 Å². The van der Waals surface area contributed by atoms with Crippen molar-refractivity contribution in [2.45, 2.75) is 176 Å². The molecule has 5 fully saturated rings. The number of nitrogens with one attached hydrogen (secondary N) is 2. The largest absolute Gasteiger partial charge is 0.459 e. The minimum Gasteiger partial charge on any atom is -0.459 e. The number of esters is 1. The zero-order chi connectivity index (χ0) is 71.6. The second kappa shape index (κ2) is 37.8. The van der Waals surface area contributed by atoms with Gasteiger partial charge in [0.05, 0.1) is 74.1 Å². The molecule has 0 aromatic heterocycles. The average Bonchev–Trinajstić information content (AvgIpc) is 1.50. The third-order valence-corrected chi connectivity index (χ3v) is 18.0. The van der Waals surface area contributed by atoms with E-state index in [0.717, 1.165) is 33.4 Å². The number of azide groups is 3. The predicted molar refractivity (Wildman–Crippen MR) is 364 cm³/mol. The molecule has 30 nitrogen and oxygen atoms in total. The van der Waals surface area contributed by atoms with Gasteiger partial charge >= 0.3 is 30.3 Å². The van der Waals surface area contributed by atoms with Crippen molar-refractivity contribution in [2.75, 3.05) is 13.1 Å². The second-order valence-electron chi connectivity index (χ2n) is 25.2. The van der Waals surface area contributed by atoms with E-state index in [1.54, 1.807) is 4.90 Å². The Morgan fingerprint density at radius 1 is 0.461 bits per heavy atom. The number of hydrogen-bond donors (Lipinski definition) is 5. The van der Waals surface area contributed by atoms with Gasteiger partial charge in [0.15, 0.2) is 12.6 Å². The molecule has 3 heterocycles. The Morgan fingerprint density at radius 3 is 1.33 bits per heavy atom. The molecule has 5 aliphatic rings. The number of rotatable bonds is 25. The fourth-order valence-electron chi connectivity index (χ4n) is 12.9. The van der Waals surface area contributed by atoms with Crippen molar-refractivity contribution in [3.63, 3.8) is 0 Å². The summed E-state index contributed by atoms with van der Waals surface area (Å²) >= 11 is 0. The molecule has 2 aliphatic carbocycles. The first kappa shape index (κ1) is 74.2. The minimum atomic E-state index is -1.60. The van der Waals surface area contributed by atoms with Crippen LogP contribution in [0.15, 0.2) is 197 Å². The summed E-state index contributed by atoms with van der Waals surface area (Å²) in [7, 11) is 0. The average molecular weight is 1400 g/mol. The summed E-state index contributed by atoms with van der Waals surface area (Å²) in [6.45, 7) is 0.901. The summed E-state index contributed by atoms with van der Waals surface area (Å²) in [4.78, 5) is 77.2. The second-order valence-corrected chi connectivity index (χ2v) is 25.2. The molecule has 6 aromatic carbocycles. The van der Waals surface area contributed by atoms with E-state index in [0.29, 0.717) is 25.7 Å². The predicted octanol–water partition coefficient (Wildman–Crippen LogP) is 10.9. The molecule has 2 saturated carbocycles. The van der Waals surface area contributed by atoms with Crippen LogP contribution in [0.5, 0.6) is 0 Å². The number of aliphatic hydroxyl groups is 3. The standard InChI is InChI=1S/C45H49N3O11.C27H32N10O6/c49-38-24-34-23-37(47-44(52)55-28-32-17-9-3-10-18-32)41(39(50)40(34)58-38)59-42-36(46-43(51)54-27-31-15-7-2-8-16-31)22-21-35(57-42)26-48(25-30-13-5-1-6-14-30)45(53)56-29-33-19-11-4-12-20-33;28-34-31-20-12-11-19(42-26(20)43-25-22(33-36-30)13-21(32-35-29)23(38)24(25)39)15-37(14-17-7-3-1-4-8-17)27(40)41-16-18-9-5-2-6-10-18/h1-20,34-37,39-42,50H,21-29H2,(H,46,51)(H,47,52);1-10,19-26,38-39H,11-16H2/t34-,35-,36+,37-,39+,40-,41+,42+;19-,20+,21+,22-,23-,24+,25+,26+/m00/s1. The summed E-state index contributed by atoms with van der Waals surface area (Å²) < 4.78 is 53.3. The summed E-state index contributed by atoms with van der Waals surface area (Å²) in [6.07, 6.45) is -12.2. The van der Waals surface area contributed by atoms with Crippen LogP contribution in [-0.4, -0.2) is 160 Å². The van der Waals surface area contributed by atoms with E-state index in [2.05, 4.69) is 40.7 Å². The Morgan fingerprint density at radius 2 is 0.863 bits per heavy atom. The van der Waals surface area contributed by atoms with Gasteiger partial charge in [-0.25, -0.2) is 19.2 Å². The van der Waals surface area contributed by atoms with E-state index >= 15 is 0 Å². The van der Waals surface area contributed by atoms with Crippen molar-refractivity contribution in [2.24, 2.45) is 21.3 Å². The molecule has 11 rings (SSSR count). The van der Waals surface area contributed by atoms with Crippen LogP contribution in [0.25, 0.3) is 31.3 Å². The number of nitrogens with zero attached hydrogens (tertiary/aromatic N) is 11. The number of benzene rings is 6. The summed E-state index contributed by atoms with van der Waals surface area (Å²) in [5, 5.41) is 49.7. The van der Waals surface area contributed by atoms with Gasteiger partial charge < -0.3 is 78.4 Å². The Labute approximate surface area is 587 Å². The molecule has 536 valence electrons. The van der Waals surface area contributed by atoms with Crippen molar-refractivity contribution in [1.82, 2.24) is 20.4 Å². The normalized spacial score (nSPS) is 26.3. The fourth-order valence-corrected chi connectivity index (χ4v) is 12.9. The van der Waals surface area contributed by atoms with Crippen molar-refractivity contribution in [1.29, 1.82) is 0 Å². The van der Waals surface area contributed by atoms with Gasteiger partial charge in [0.2, 0.25) is 0 Å². The molecular formula is C72H81N13O17. The number of hydrogen-bond acceptors (Lipinski definition) is 20. The third kappa shape index (κ3) is 21.5. The highest BCUT2D eigenvalue weighted by atomic mass is 16.7. The number of amides is 4. The fraction of sp³-hybridized carbons (Fsp3) is 0.431. The van der Waals surface area contributed by atoms with Crippen LogP contribution in [0.1, 0.15) is 78.3 Å². The SMILES string of the molecule is O=C1C[C@@H]2C[C@H](NC(=O)OCc3ccccc3)[C@@H](O[C@H]3O[C@H](CN(Cc4ccccc4)C(=O)OCc4ccccc4)CC[C@H]3NC(=O)OCc3ccccc3)[C@H](O)[C@H]2O1.[N-]=[N+]=N[C@H]1C[C@@H](N=[N+]=[N-])[C@H](O)[C@@H](O)[C@@H]1O[C@H]1O[C@H](CN(Cc2ccccc2)C(=O)OCc2ccccc2)CC[C@H]1N=[N+]=[N-]. The maximum absolute atomic E-state index is 13.7. The van der Waals surface area contributed by atoms with Gasteiger partial charge in [-0.1, -0.05) is 197 Å². The van der Waals surface area contributed by atoms with Gasteiger partial charge in [-0.3, -0.25) is 4.79 Å². The van der Waals surface area contributed by atoms with Gasteiger partial charge in [-0.15, -0.1) is 0 Å². The highest BCUT2D eigenvalue weighted by Crippen LogP contribution is 2.39. The summed E-state index contributed by atoms with van der Waals surface area (Å²) in [5.41, 5.74) is 32.1. The molecule has 6 aromatic rings. The smallest absolute Gasteiger partial charge is 0.410 e. The van der Waals surface area contributed by atoms with Crippen molar-refractivity contribution >= 4 is 30.3 Å². The number of carbonyl (C=O) groups is 5. The van der Waals surface area contributed by atoms with E-state index in [1.807, 2.05) is 182 Å². The topological polar surface area (TPSA) is 406 Å². The molecule has 0 bridgehead atoms. The Hall–Kier alpha value is -10.5. The molecule has 3 saturated heterocycles. The first-order chi connectivity index (χ1) is 49.7. The third-order valence-electron chi connectivity index (χ3n) is 18.0. The molecule has 102 heavy (non-hydrogen) atoms. The van der Waals surface area contributed by atoms with Gasteiger partial charge in [-0.2, -0.15) is 0 Å². The number of carbonyl (C=O) groups excluding carboxylic acids is 5. The van der Waals surface area contributed by atoms with E-state index in [4.69, 9.17) is 59.2 Å². The number of aliphatic hydroxyl groups excluding tert-OH is 3. The Bertz CT molecular complexity index is 3810. The molecule has 4 amide bonds. The summed E-state index contributed by atoms with van der Waals surface area (Å²) in [6, 6.07) is 51.5. The van der Waals surface area contributed by atoms with Crippen LogP contribution in [0.3, 0.4) is 0 Å². The van der Waals surface area contributed by atoms with Crippen LogP contribution in [0.2, 0.25) is 0 Å². The van der Waals surface area contributed by atoms with Gasteiger partial charge in [0.1, 0.15) is 50.8 Å². The van der Waals surface area contributed by atoms with Gasteiger partial charge in [-0.05, 0) is 88.5 Å². The quantitative estimate of drug-likeness (QED) is 0.0117. The van der Waals surface area contributed by atoms with Crippen LogP contribution in [0, 0.1) is 5.92 Å². The van der Waals surface area contributed by atoms with Crippen molar-refractivity contribution in [3.8, 4) is 0 Å². The van der Waals surface area contributed by atoms with Crippen molar-refractivity contribution < 1.29 is 81.9 Å². The molecule has 0 unspecified atom stereocenters. The zero-order valence-corrected chi connectivity index (χ0v) is 55.6. The van der Waals surface area contributed by atoms with Crippen LogP contribution in [0.4, 0.5) is 19.2 Å². The Kier molecular flexibility index (Phi) is 27.5. The van der Waals surface area contributed by atoms with E-state index < -0.39 is 122 Å². The maximum Gasteiger partial charge on any atom is 0.410 e. The van der Waals surface area contributed by atoms with E-state index in [-0.39, 0.29) is 77.8 Å². The lowest BCUT2D eigenvalue weighted by Crippen LogP contribution is -2.62. The number of fused-ring (bicyclic) bond motifs is 1.